The highest BCUT2D eigenvalue weighted by molar-refractivity contribution is 5.33. The summed E-state index contributed by atoms with van der Waals surface area (Å²) >= 11 is 0. The van der Waals surface area contributed by atoms with Crippen molar-refractivity contribution in [2.45, 2.75) is 51.2 Å². The third kappa shape index (κ3) is 4.63. The van der Waals surface area contributed by atoms with Crippen molar-refractivity contribution in [1.82, 2.24) is 15.0 Å². The lowest BCUT2D eigenvalue weighted by molar-refractivity contribution is 0.356. The molecule has 2 aromatic rings. The van der Waals surface area contributed by atoms with Crippen LogP contribution in [0.4, 0.5) is 16.3 Å². The molecule has 0 amide bonds. The Bertz CT molecular complexity index is 658. The Hall–Kier alpha value is -2.24. The molecule has 128 valence electrons. The largest absolute Gasteiger partial charge is 0.368 e. The first-order valence-corrected chi connectivity index (χ1v) is 8.58. The highest BCUT2D eigenvalue weighted by Gasteiger charge is 2.31. The number of nitrogens with one attached hydrogen (secondary N) is 1. The minimum Gasteiger partial charge on any atom is -0.368 e. The summed E-state index contributed by atoms with van der Waals surface area (Å²) in [4.78, 5) is 12.1. The van der Waals surface area contributed by atoms with Gasteiger partial charge in [0, 0.05) is 6.04 Å². The second-order valence-electron chi connectivity index (χ2n) is 6.46. The molecule has 3 rings (SSSR count). The molecule has 1 aliphatic carbocycles. The number of nitrogens with two attached hydrogens (primary N) is 1. The number of benzene rings is 1. The van der Waals surface area contributed by atoms with E-state index in [0.29, 0.717) is 17.9 Å². The van der Waals surface area contributed by atoms with Gasteiger partial charge in [0.05, 0.1) is 0 Å². The van der Waals surface area contributed by atoms with Crippen LogP contribution in [0, 0.1) is 5.92 Å². The fourth-order valence-corrected chi connectivity index (χ4v) is 2.91. The zero-order valence-electron chi connectivity index (χ0n) is 14.0. The first kappa shape index (κ1) is 16.6. The van der Waals surface area contributed by atoms with Crippen molar-refractivity contribution in [3.8, 4) is 0 Å². The summed E-state index contributed by atoms with van der Waals surface area (Å²) in [6.07, 6.45) is 4.36. The molecule has 1 aromatic heterocycles. The minimum absolute atomic E-state index is 0.0610. The summed E-state index contributed by atoms with van der Waals surface area (Å²) in [5.74, 6) is 1.18. The van der Waals surface area contributed by atoms with E-state index in [4.69, 9.17) is 5.73 Å². The normalized spacial score (nSPS) is 16.6. The van der Waals surface area contributed by atoms with Crippen molar-refractivity contribution in [2.24, 2.45) is 5.92 Å². The predicted molar refractivity (Wildman–Crippen MR) is 93.3 cm³/mol. The molecule has 2 atom stereocenters. The SMILES string of the molecule is CC(F)c1nc(N)nc(N[C@H](CCCc2ccccc2)C2CC2)n1. The van der Waals surface area contributed by atoms with Gasteiger partial charge in [0.1, 0.15) is 0 Å². The third-order valence-corrected chi connectivity index (χ3v) is 4.35. The van der Waals surface area contributed by atoms with Crippen molar-refractivity contribution >= 4 is 11.9 Å². The molecule has 1 saturated carbocycles. The van der Waals surface area contributed by atoms with Crippen LogP contribution in [0.25, 0.3) is 0 Å². The Kier molecular flexibility index (Phi) is 5.23. The van der Waals surface area contributed by atoms with Gasteiger partial charge in [-0.05, 0) is 50.5 Å². The van der Waals surface area contributed by atoms with E-state index < -0.39 is 6.17 Å². The smallest absolute Gasteiger partial charge is 0.228 e. The van der Waals surface area contributed by atoms with Crippen molar-refractivity contribution in [2.75, 3.05) is 11.1 Å². The molecule has 1 fully saturated rings. The molecular weight excluding hydrogens is 305 g/mol. The lowest BCUT2D eigenvalue weighted by Gasteiger charge is -2.18. The van der Waals surface area contributed by atoms with E-state index in [1.165, 1.54) is 25.3 Å². The van der Waals surface area contributed by atoms with Crippen LogP contribution in [0.15, 0.2) is 30.3 Å². The molecule has 0 bridgehead atoms. The fraction of sp³-hybridized carbons (Fsp3) is 0.500. The maximum absolute atomic E-state index is 13.5. The van der Waals surface area contributed by atoms with Gasteiger partial charge in [-0.2, -0.15) is 15.0 Å². The summed E-state index contributed by atoms with van der Waals surface area (Å²) in [5, 5.41) is 3.35. The Labute approximate surface area is 141 Å². The number of rotatable bonds is 8. The molecule has 1 unspecified atom stereocenters. The van der Waals surface area contributed by atoms with Crippen LogP contribution in [0.2, 0.25) is 0 Å². The third-order valence-electron chi connectivity index (χ3n) is 4.35. The molecule has 0 spiro atoms. The molecule has 5 nitrogen and oxygen atoms in total. The van der Waals surface area contributed by atoms with Crippen LogP contribution in [0.1, 0.15) is 50.2 Å². The predicted octanol–water partition coefficient (Wildman–Crippen LogP) is 3.70. The maximum Gasteiger partial charge on any atom is 0.228 e. The monoisotopic (exact) mass is 329 g/mol. The van der Waals surface area contributed by atoms with Gasteiger partial charge in [-0.25, -0.2) is 4.39 Å². The van der Waals surface area contributed by atoms with Crippen LogP contribution in [-0.2, 0) is 6.42 Å². The van der Waals surface area contributed by atoms with Gasteiger partial charge in [-0.15, -0.1) is 0 Å². The first-order valence-electron chi connectivity index (χ1n) is 8.58. The van der Waals surface area contributed by atoms with Gasteiger partial charge < -0.3 is 11.1 Å². The fourth-order valence-electron chi connectivity index (χ4n) is 2.91. The van der Waals surface area contributed by atoms with E-state index in [-0.39, 0.29) is 11.8 Å². The van der Waals surface area contributed by atoms with Gasteiger partial charge in [0.25, 0.3) is 0 Å². The average molecular weight is 329 g/mol. The van der Waals surface area contributed by atoms with E-state index in [9.17, 15) is 4.39 Å². The lowest BCUT2D eigenvalue weighted by atomic mass is 10.0. The van der Waals surface area contributed by atoms with Crippen LogP contribution in [-0.4, -0.2) is 21.0 Å². The molecule has 0 saturated heterocycles. The van der Waals surface area contributed by atoms with Crippen LogP contribution >= 0.6 is 0 Å². The van der Waals surface area contributed by atoms with Crippen molar-refractivity contribution in [1.29, 1.82) is 0 Å². The lowest BCUT2D eigenvalue weighted by Crippen LogP contribution is -2.24. The van der Waals surface area contributed by atoms with Crippen molar-refractivity contribution in [3.05, 3.63) is 41.7 Å². The van der Waals surface area contributed by atoms with E-state index in [1.54, 1.807) is 0 Å². The number of anilines is 2. The zero-order chi connectivity index (χ0) is 16.9. The number of nitrogen functional groups attached to an aromatic ring is 1. The molecule has 1 aromatic carbocycles. The topological polar surface area (TPSA) is 76.7 Å². The Morgan fingerprint density at radius 3 is 2.62 bits per heavy atom. The molecule has 6 heteroatoms. The van der Waals surface area contributed by atoms with Gasteiger partial charge in [0.15, 0.2) is 12.0 Å². The summed E-state index contributed by atoms with van der Waals surface area (Å²) < 4.78 is 13.5. The van der Waals surface area contributed by atoms with E-state index in [1.807, 2.05) is 6.07 Å². The zero-order valence-corrected chi connectivity index (χ0v) is 14.0. The minimum atomic E-state index is -1.26. The van der Waals surface area contributed by atoms with Gasteiger partial charge >= 0.3 is 0 Å². The van der Waals surface area contributed by atoms with E-state index in [2.05, 4.69) is 44.5 Å². The number of hydrogen-bond donors (Lipinski definition) is 2. The van der Waals surface area contributed by atoms with Crippen LogP contribution < -0.4 is 11.1 Å². The first-order chi connectivity index (χ1) is 11.6. The second kappa shape index (κ2) is 7.55. The quantitative estimate of drug-likeness (QED) is 0.772. The van der Waals surface area contributed by atoms with Crippen LogP contribution in [0.3, 0.4) is 0 Å². The number of alkyl halides is 1. The Morgan fingerprint density at radius 2 is 1.96 bits per heavy atom. The molecule has 0 radical (unpaired) electrons. The molecule has 1 aliphatic rings. The maximum atomic E-state index is 13.5. The highest BCUT2D eigenvalue weighted by Crippen LogP contribution is 2.36. The number of nitrogens with zero attached hydrogens (tertiary/aromatic N) is 3. The van der Waals surface area contributed by atoms with Gasteiger partial charge in [-0.3, -0.25) is 0 Å². The van der Waals surface area contributed by atoms with Gasteiger partial charge in [-0.1, -0.05) is 30.3 Å². The van der Waals surface area contributed by atoms with Gasteiger partial charge in [0.2, 0.25) is 11.9 Å². The molecule has 24 heavy (non-hydrogen) atoms. The summed E-state index contributed by atoms with van der Waals surface area (Å²) in [7, 11) is 0. The van der Waals surface area contributed by atoms with Crippen molar-refractivity contribution < 1.29 is 4.39 Å². The summed E-state index contributed by atoms with van der Waals surface area (Å²) in [5.41, 5.74) is 7.02. The van der Waals surface area contributed by atoms with E-state index in [0.717, 1.165) is 19.3 Å². The molecular formula is C18H24FN5. The standard InChI is InChI=1S/C18H24FN5/c1-12(19)16-22-17(20)24-18(23-16)21-15(14-10-11-14)9-5-8-13-6-3-2-4-7-13/h2-4,6-7,12,14-15H,5,8-11H2,1H3,(H3,20,21,22,23,24)/t12?,15-/m1/s1. The Morgan fingerprint density at radius 1 is 1.21 bits per heavy atom. The molecule has 1 heterocycles. The number of aromatic nitrogens is 3. The number of aryl methyl sites for hydroxylation is 1. The second-order valence-corrected chi connectivity index (χ2v) is 6.46. The summed E-state index contributed by atoms with van der Waals surface area (Å²) in [6.45, 7) is 1.40. The summed E-state index contributed by atoms with van der Waals surface area (Å²) in [6, 6.07) is 10.8. The molecule has 3 N–H and O–H groups in total. The number of halogens is 1. The van der Waals surface area contributed by atoms with E-state index >= 15 is 0 Å². The molecule has 0 aliphatic heterocycles. The highest BCUT2D eigenvalue weighted by atomic mass is 19.1. The Balaban J connectivity index is 1.60. The van der Waals surface area contributed by atoms with Crippen LogP contribution in [0.5, 0.6) is 0 Å². The van der Waals surface area contributed by atoms with Crippen molar-refractivity contribution in [3.63, 3.8) is 0 Å². The number of hydrogen-bond acceptors (Lipinski definition) is 5. The average Bonchev–Trinajstić information content (AvgIpc) is 3.39.